The maximum absolute atomic E-state index is 6.75. The second kappa shape index (κ2) is 10.4. The molecule has 0 spiro atoms. The second-order valence-corrected chi connectivity index (χ2v) is 16.4. The van der Waals surface area contributed by atoms with Crippen LogP contribution in [0.4, 0.5) is 34.1 Å². The summed E-state index contributed by atoms with van der Waals surface area (Å²) in [7, 11) is 0. The van der Waals surface area contributed by atoms with Crippen LogP contribution >= 0.6 is 11.3 Å². The topological polar surface area (TPSA) is 15.7 Å². The molecule has 0 atom stereocenters. The fraction of sp³-hybridized carbons (Fsp3) is 0.125. The number of rotatable bonds is 3. The van der Waals surface area contributed by atoms with Crippen molar-refractivity contribution in [3.05, 3.63) is 168 Å². The number of anilines is 6. The minimum absolute atomic E-state index is 0.131. The van der Waals surface area contributed by atoms with Gasteiger partial charge in [-0.3, -0.25) is 0 Å². The van der Waals surface area contributed by atoms with Gasteiger partial charge in [0.1, 0.15) is 0 Å². The molecule has 0 saturated carbocycles. The maximum Gasteiger partial charge on any atom is 0.152 e. The van der Waals surface area contributed by atoms with Crippen LogP contribution < -0.4 is 14.5 Å². The highest BCUT2D eigenvalue weighted by atomic mass is 32.1. The Morgan fingerprint density at radius 2 is 1.25 bits per heavy atom. The SMILES string of the molecule is CC1(C)c2ccccc2-c2ccc(N(c3ccc4c5c3C(C)(C)c3ccccc3N5c3ccccc3O4)c3cccc4c3sc3ccccc34)cc21. The Hall–Kier alpha value is -5.84. The smallest absolute Gasteiger partial charge is 0.152 e. The molecule has 3 nitrogen and oxygen atoms in total. The van der Waals surface area contributed by atoms with Gasteiger partial charge in [0.05, 0.1) is 33.1 Å². The van der Waals surface area contributed by atoms with Gasteiger partial charge >= 0.3 is 0 Å². The zero-order valence-electron chi connectivity index (χ0n) is 29.6. The van der Waals surface area contributed by atoms with Crippen LogP contribution in [-0.4, -0.2) is 0 Å². The molecular formula is C48H36N2OS. The van der Waals surface area contributed by atoms with E-state index in [1.54, 1.807) is 0 Å². The number of hydrogen-bond donors (Lipinski definition) is 0. The first-order valence-corrected chi connectivity index (χ1v) is 18.9. The molecule has 11 rings (SSSR count). The van der Waals surface area contributed by atoms with Crippen molar-refractivity contribution in [2.45, 2.75) is 38.5 Å². The van der Waals surface area contributed by atoms with Gasteiger partial charge < -0.3 is 14.5 Å². The molecule has 1 aromatic heterocycles. The first-order chi connectivity index (χ1) is 25.3. The number of ether oxygens (including phenoxy) is 1. The third-order valence-corrected chi connectivity index (χ3v) is 13.0. The molecule has 0 radical (unpaired) electrons. The summed E-state index contributed by atoms with van der Waals surface area (Å²) in [5.41, 5.74) is 14.3. The summed E-state index contributed by atoms with van der Waals surface area (Å²) < 4.78 is 9.33. The van der Waals surface area contributed by atoms with E-state index in [1.165, 1.54) is 64.9 Å². The lowest BCUT2D eigenvalue weighted by Crippen LogP contribution is -2.34. The van der Waals surface area contributed by atoms with Gasteiger partial charge in [-0.05, 0) is 82.4 Å². The van der Waals surface area contributed by atoms with Crippen molar-refractivity contribution >= 4 is 65.6 Å². The normalized spacial score (nSPS) is 15.3. The predicted molar refractivity (Wildman–Crippen MR) is 218 cm³/mol. The first kappa shape index (κ1) is 29.8. The van der Waals surface area contributed by atoms with Gasteiger partial charge in [-0.1, -0.05) is 119 Å². The fourth-order valence-electron chi connectivity index (χ4n) is 9.37. The van der Waals surface area contributed by atoms with E-state index in [0.717, 1.165) is 34.2 Å². The quantitative estimate of drug-likeness (QED) is 0.184. The van der Waals surface area contributed by atoms with E-state index in [2.05, 4.69) is 183 Å². The largest absolute Gasteiger partial charge is 0.453 e. The first-order valence-electron chi connectivity index (χ1n) is 18.1. The molecule has 0 saturated heterocycles. The summed E-state index contributed by atoms with van der Waals surface area (Å²) in [6.45, 7) is 9.49. The number of hydrogen-bond acceptors (Lipinski definition) is 4. The fourth-order valence-corrected chi connectivity index (χ4v) is 10.6. The number of para-hydroxylation sites is 3. The Bertz CT molecular complexity index is 2810. The van der Waals surface area contributed by atoms with Crippen molar-refractivity contribution < 1.29 is 4.74 Å². The third kappa shape index (κ3) is 3.85. The average Bonchev–Trinajstić information content (AvgIpc) is 3.66. The molecule has 0 amide bonds. The van der Waals surface area contributed by atoms with Crippen molar-refractivity contribution in [2.24, 2.45) is 0 Å². The molecule has 0 N–H and O–H groups in total. The van der Waals surface area contributed by atoms with E-state index in [9.17, 15) is 0 Å². The zero-order valence-corrected chi connectivity index (χ0v) is 30.4. The van der Waals surface area contributed by atoms with Crippen LogP contribution in [-0.2, 0) is 10.8 Å². The molecule has 7 aromatic carbocycles. The minimum atomic E-state index is -0.345. The number of thiophene rings is 1. The van der Waals surface area contributed by atoms with Crippen LogP contribution in [0.3, 0.4) is 0 Å². The Labute approximate surface area is 308 Å². The van der Waals surface area contributed by atoms with Crippen LogP contribution in [0.15, 0.2) is 146 Å². The molecule has 0 bridgehead atoms. The lowest BCUT2D eigenvalue weighted by atomic mass is 9.72. The molecule has 0 fully saturated rings. The average molecular weight is 689 g/mol. The summed E-state index contributed by atoms with van der Waals surface area (Å²) in [6.07, 6.45) is 0. The molecule has 3 heterocycles. The second-order valence-electron chi connectivity index (χ2n) is 15.3. The Morgan fingerprint density at radius 1 is 0.538 bits per heavy atom. The predicted octanol–water partition coefficient (Wildman–Crippen LogP) is 14.0. The molecule has 0 unspecified atom stereocenters. The highest BCUT2D eigenvalue weighted by molar-refractivity contribution is 7.26. The molecule has 1 aliphatic carbocycles. The van der Waals surface area contributed by atoms with Gasteiger partial charge in [0.15, 0.2) is 11.5 Å². The molecule has 8 aromatic rings. The molecule has 250 valence electrons. The summed E-state index contributed by atoms with van der Waals surface area (Å²) in [5.74, 6) is 1.75. The molecule has 3 aliphatic rings. The number of benzene rings is 7. The van der Waals surface area contributed by atoms with Crippen molar-refractivity contribution in [3.8, 4) is 22.6 Å². The Kier molecular flexibility index (Phi) is 5.95. The van der Waals surface area contributed by atoms with E-state index in [-0.39, 0.29) is 10.8 Å². The van der Waals surface area contributed by atoms with Crippen molar-refractivity contribution in [1.29, 1.82) is 0 Å². The minimum Gasteiger partial charge on any atom is -0.453 e. The zero-order chi connectivity index (χ0) is 34.9. The van der Waals surface area contributed by atoms with E-state index < -0.39 is 0 Å². The van der Waals surface area contributed by atoms with E-state index in [0.29, 0.717) is 0 Å². The maximum atomic E-state index is 6.75. The number of fused-ring (bicyclic) bond motifs is 10. The van der Waals surface area contributed by atoms with Crippen LogP contribution in [0.25, 0.3) is 31.3 Å². The third-order valence-electron chi connectivity index (χ3n) is 11.8. The van der Waals surface area contributed by atoms with E-state index in [4.69, 9.17) is 4.74 Å². The summed E-state index contributed by atoms with van der Waals surface area (Å²) >= 11 is 1.88. The van der Waals surface area contributed by atoms with Crippen molar-refractivity contribution in [3.63, 3.8) is 0 Å². The summed E-state index contributed by atoms with van der Waals surface area (Å²) in [5, 5.41) is 2.58. The van der Waals surface area contributed by atoms with Gasteiger partial charge in [0.25, 0.3) is 0 Å². The van der Waals surface area contributed by atoms with Crippen LogP contribution in [0.5, 0.6) is 11.5 Å². The van der Waals surface area contributed by atoms with E-state index in [1.807, 2.05) is 11.3 Å². The van der Waals surface area contributed by atoms with Gasteiger partial charge in [0, 0.05) is 37.6 Å². The van der Waals surface area contributed by atoms with Crippen LogP contribution in [0, 0.1) is 0 Å². The van der Waals surface area contributed by atoms with E-state index >= 15 is 0 Å². The van der Waals surface area contributed by atoms with Crippen LogP contribution in [0.1, 0.15) is 49.9 Å². The molecule has 52 heavy (non-hydrogen) atoms. The molecule has 2 aliphatic heterocycles. The van der Waals surface area contributed by atoms with Crippen molar-refractivity contribution in [1.82, 2.24) is 0 Å². The summed E-state index contributed by atoms with van der Waals surface area (Å²) in [4.78, 5) is 4.98. The van der Waals surface area contributed by atoms with Gasteiger partial charge in [0.2, 0.25) is 0 Å². The van der Waals surface area contributed by atoms with Gasteiger partial charge in [-0.2, -0.15) is 0 Å². The molecule has 4 heteroatoms. The lowest BCUT2D eigenvalue weighted by molar-refractivity contribution is 0.471. The standard InChI is InChI=1S/C48H36N2OS/c1-47(2)34-17-7-5-14-30(34)31-25-24-29(28-36(31)47)49(40-21-13-16-33-32-15-6-12-23-43(32)52-46(33)40)39-26-27-42-45-44(39)48(3,4)35-18-8-9-19-37(35)50(45)38-20-10-11-22-41(38)51-42/h5-28H,1-4H3. The van der Waals surface area contributed by atoms with Crippen molar-refractivity contribution in [2.75, 3.05) is 9.80 Å². The highest BCUT2D eigenvalue weighted by Crippen LogP contribution is 2.63. The van der Waals surface area contributed by atoms with Crippen LogP contribution in [0.2, 0.25) is 0 Å². The molecular weight excluding hydrogens is 653 g/mol. The lowest BCUT2D eigenvalue weighted by Gasteiger charge is -2.46. The van der Waals surface area contributed by atoms with Gasteiger partial charge in [-0.15, -0.1) is 11.3 Å². The highest BCUT2D eigenvalue weighted by Gasteiger charge is 2.44. The van der Waals surface area contributed by atoms with Gasteiger partial charge in [-0.25, -0.2) is 0 Å². The summed E-state index contributed by atoms with van der Waals surface area (Å²) in [6, 6.07) is 53.5. The Morgan fingerprint density at radius 3 is 2.13 bits per heavy atom. The monoisotopic (exact) mass is 688 g/mol. The Balaban J connectivity index is 1.24. The number of nitrogens with zero attached hydrogens (tertiary/aromatic N) is 2.